The van der Waals surface area contributed by atoms with Crippen molar-refractivity contribution in [3.63, 3.8) is 0 Å². The number of carbonyl (C=O) groups excluding carboxylic acids is 4. The summed E-state index contributed by atoms with van der Waals surface area (Å²) in [7, 11) is -2.31. The number of amides is 4. The monoisotopic (exact) mass is 752 g/mol. The second kappa shape index (κ2) is 15.4. The first-order valence-corrected chi connectivity index (χ1v) is 20.4. The second-order valence-electron chi connectivity index (χ2n) is 14.9. The zero-order chi connectivity index (χ0) is 37.2. The molecule has 0 radical (unpaired) electrons. The van der Waals surface area contributed by atoms with Crippen LogP contribution in [0.1, 0.15) is 95.9 Å². The lowest BCUT2D eigenvalue weighted by Gasteiger charge is -2.30. The van der Waals surface area contributed by atoms with Crippen LogP contribution in [-0.2, 0) is 29.1 Å². The standard InChI is InChI=1S/C36H48N8O8S/c1-51-26-16-14-23(15-17-26)31-39-42-44(40-31)25-20-30-32(45)38-36(34(47)41-53(49,50)28-18-19-28)21-24(36)10-6-3-2-4-9-13-29(33(46)43(30)22-25)37-35(48)52-27-11-7-5-8-12-27/h6,10,14-17,24-25,27-30H,2-5,7-9,11-13,18-22H2,1H3,(H,37,48)(H,38,45)(H,41,47)/b10-6-/t24-,25-,29-,30+,36+/m1/s1. The SMILES string of the molecule is COc1ccc(-c2nnn([C@@H]3C[C@H]4C(=O)N[C@@]5(C(=O)NS(=O)(=O)C6CC6)C[C@H]5/C=C\CCCCC[C@@H](NC(=O)OC5CCCCC5)C(=O)N4C3)n2)cc1. The van der Waals surface area contributed by atoms with Gasteiger partial charge in [0.15, 0.2) is 0 Å². The molecule has 0 unspecified atom stereocenters. The Bertz CT molecular complexity index is 1820. The minimum atomic E-state index is -3.88. The van der Waals surface area contributed by atoms with Crippen LogP contribution in [0.25, 0.3) is 11.4 Å². The molecule has 286 valence electrons. The third-order valence-corrected chi connectivity index (χ3v) is 12.9. The predicted molar refractivity (Wildman–Crippen MR) is 191 cm³/mol. The molecular weight excluding hydrogens is 705 g/mol. The van der Waals surface area contributed by atoms with Crippen LogP contribution >= 0.6 is 0 Å². The van der Waals surface area contributed by atoms with E-state index >= 15 is 0 Å². The third-order valence-electron chi connectivity index (χ3n) is 11.1. The Hall–Kier alpha value is -4.54. The zero-order valence-corrected chi connectivity index (χ0v) is 30.8. The number of hydrogen-bond donors (Lipinski definition) is 3. The number of benzene rings is 1. The number of ether oxygens (including phenoxy) is 2. The van der Waals surface area contributed by atoms with Gasteiger partial charge in [0.2, 0.25) is 27.7 Å². The first-order chi connectivity index (χ1) is 25.6. The number of alkyl carbamates (subject to hydrolysis) is 1. The van der Waals surface area contributed by atoms with Gasteiger partial charge in [-0.3, -0.25) is 19.1 Å². The van der Waals surface area contributed by atoms with Crippen molar-refractivity contribution in [2.45, 2.75) is 125 Å². The zero-order valence-electron chi connectivity index (χ0n) is 29.9. The average Bonchev–Trinajstić information content (AvgIpc) is 4.02. The molecule has 2 aliphatic heterocycles. The summed E-state index contributed by atoms with van der Waals surface area (Å²) < 4.78 is 38.8. The van der Waals surface area contributed by atoms with Crippen molar-refractivity contribution >= 4 is 33.8 Å². The van der Waals surface area contributed by atoms with E-state index in [9.17, 15) is 27.6 Å². The molecule has 3 saturated carbocycles. The molecule has 1 aromatic heterocycles. The molecule has 2 aromatic rings. The summed E-state index contributed by atoms with van der Waals surface area (Å²) in [6, 6.07) is 4.54. The molecule has 7 rings (SSSR count). The van der Waals surface area contributed by atoms with Crippen molar-refractivity contribution in [2.24, 2.45) is 5.92 Å². The topological polar surface area (TPSA) is 204 Å². The van der Waals surface area contributed by atoms with E-state index in [0.717, 1.165) is 44.9 Å². The van der Waals surface area contributed by atoms with Crippen molar-refractivity contribution in [2.75, 3.05) is 13.7 Å². The third kappa shape index (κ3) is 8.34. The van der Waals surface area contributed by atoms with Crippen molar-refractivity contribution in [3.8, 4) is 17.1 Å². The maximum atomic E-state index is 14.5. The highest BCUT2D eigenvalue weighted by Gasteiger charge is 2.62. The number of fused-ring (bicyclic) bond motifs is 2. The lowest BCUT2D eigenvalue weighted by molar-refractivity contribution is -0.141. The van der Waals surface area contributed by atoms with E-state index in [4.69, 9.17) is 9.47 Å². The molecule has 0 bridgehead atoms. The smallest absolute Gasteiger partial charge is 0.408 e. The maximum Gasteiger partial charge on any atom is 0.408 e. The summed E-state index contributed by atoms with van der Waals surface area (Å²) in [6.45, 7) is 0.0315. The Labute approximate surface area is 308 Å². The molecule has 1 aromatic carbocycles. The highest BCUT2D eigenvalue weighted by atomic mass is 32.2. The van der Waals surface area contributed by atoms with Crippen LogP contribution in [0.15, 0.2) is 36.4 Å². The fraction of sp³-hybridized carbons (Fsp3) is 0.639. The van der Waals surface area contributed by atoms with Crippen LogP contribution in [0.3, 0.4) is 0 Å². The summed E-state index contributed by atoms with van der Waals surface area (Å²) in [6.07, 6.45) is 12.1. The minimum Gasteiger partial charge on any atom is -0.497 e. The van der Waals surface area contributed by atoms with Gasteiger partial charge in [0.05, 0.1) is 18.4 Å². The van der Waals surface area contributed by atoms with Crippen molar-refractivity contribution in [1.82, 2.24) is 40.5 Å². The van der Waals surface area contributed by atoms with E-state index in [0.29, 0.717) is 49.2 Å². The van der Waals surface area contributed by atoms with Crippen LogP contribution < -0.4 is 20.1 Å². The van der Waals surface area contributed by atoms with Gasteiger partial charge in [-0.05, 0) is 93.7 Å². The molecule has 5 atom stereocenters. The molecule has 1 saturated heterocycles. The number of sulfonamides is 1. The largest absolute Gasteiger partial charge is 0.497 e. The number of tetrazole rings is 1. The number of aromatic nitrogens is 4. The van der Waals surface area contributed by atoms with Crippen LogP contribution in [0, 0.1) is 5.92 Å². The van der Waals surface area contributed by atoms with E-state index in [1.54, 1.807) is 31.4 Å². The first-order valence-electron chi connectivity index (χ1n) is 18.8. The summed E-state index contributed by atoms with van der Waals surface area (Å²) >= 11 is 0. The van der Waals surface area contributed by atoms with Gasteiger partial charge in [-0.1, -0.05) is 31.4 Å². The number of rotatable bonds is 8. The maximum absolute atomic E-state index is 14.5. The van der Waals surface area contributed by atoms with Gasteiger partial charge in [0.1, 0.15) is 29.5 Å². The Kier molecular flexibility index (Phi) is 10.7. The van der Waals surface area contributed by atoms with Crippen LogP contribution in [0.5, 0.6) is 5.75 Å². The lowest BCUT2D eigenvalue weighted by atomic mass is 9.98. The molecule has 3 aliphatic carbocycles. The molecule has 5 aliphatic rings. The number of carbonyl (C=O) groups is 4. The molecule has 3 N–H and O–H groups in total. The highest BCUT2D eigenvalue weighted by molar-refractivity contribution is 7.91. The van der Waals surface area contributed by atoms with Crippen molar-refractivity contribution in [3.05, 3.63) is 36.4 Å². The number of allylic oxidation sites excluding steroid dienone is 1. The van der Waals surface area contributed by atoms with Gasteiger partial charge in [-0.15, -0.1) is 10.2 Å². The molecule has 4 fully saturated rings. The molecule has 0 spiro atoms. The van der Waals surface area contributed by atoms with Gasteiger partial charge in [0, 0.05) is 24.4 Å². The lowest BCUT2D eigenvalue weighted by Crippen LogP contribution is -2.58. The second-order valence-corrected chi connectivity index (χ2v) is 16.9. The Balaban J connectivity index is 1.16. The summed E-state index contributed by atoms with van der Waals surface area (Å²) in [5.41, 5.74) is -0.793. The van der Waals surface area contributed by atoms with E-state index in [-0.39, 0.29) is 25.5 Å². The normalized spacial score (nSPS) is 29.0. The Morgan fingerprint density at radius 2 is 1.72 bits per heavy atom. The van der Waals surface area contributed by atoms with E-state index < -0.39 is 68.7 Å². The van der Waals surface area contributed by atoms with Crippen LogP contribution in [0.2, 0.25) is 0 Å². The van der Waals surface area contributed by atoms with Crippen molar-refractivity contribution < 1.29 is 37.1 Å². The fourth-order valence-corrected chi connectivity index (χ4v) is 9.06. The Morgan fingerprint density at radius 3 is 2.45 bits per heavy atom. The van der Waals surface area contributed by atoms with Gasteiger partial charge in [-0.2, -0.15) is 4.80 Å². The molecule has 16 nitrogen and oxygen atoms in total. The van der Waals surface area contributed by atoms with Gasteiger partial charge < -0.3 is 25.0 Å². The molecular formula is C36H48N8O8S. The number of nitrogens with one attached hydrogen (secondary N) is 3. The predicted octanol–water partition coefficient (Wildman–Crippen LogP) is 2.92. The average molecular weight is 753 g/mol. The van der Waals surface area contributed by atoms with Gasteiger partial charge in [0.25, 0.3) is 5.91 Å². The fourth-order valence-electron chi connectivity index (χ4n) is 7.69. The minimum absolute atomic E-state index is 0.0315. The number of nitrogens with zero attached hydrogens (tertiary/aromatic N) is 5. The quantitative estimate of drug-likeness (QED) is 0.335. The van der Waals surface area contributed by atoms with E-state index in [1.807, 2.05) is 12.2 Å². The summed E-state index contributed by atoms with van der Waals surface area (Å²) in [5, 5.41) is 18.2. The van der Waals surface area contributed by atoms with E-state index in [1.165, 1.54) is 9.70 Å². The van der Waals surface area contributed by atoms with Crippen LogP contribution in [-0.4, -0.2) is 100.0 Å². The molecule has 3 heterocycles. The highest BCUT2D eigenvalue weighted by Crippen LogP contribution is 2.46. The first kappa shape index (κ1) is 36.8. The van der Waals surface area contributed by atoms with Gasteiger partial charge in [-0.25, -0.2) is 13.2 Å². The number of methoxy groups -OCH3 is 1. The number of hydrogen-bond acceptors (Lipinski definition) is 11. The van der Waals surface area contributed by atoms with Crippen molar-refractivity contribution in [1.29, 1.82) is 0 Å². The summed E-state index contributed by atoms with van der Waals surface area (Å²) in [4.78, 5) is 58.5. The summed E-state index contributed by atoms with van der Waals surface area (Å²) in [5.74, 6) is -1.25. The molecule has 17 heteroatoms. The van der Waals surface area contributed by atoms with E-state index in [2.05, 4.69) is 30.8 Å². The van der Waals surface area contributed by atoms with Gasteiger partial charge >= 0.3 is 6.09 Å². The van der Waals surface area contributed by atoms with Crippen LogP contribution in [0.4, 0.5) is 4.79 Å². The molecule has 4 amide bonds. The Morgan fingerprint density at radius 1 is 0.981 bits per heavy atom. The molecule has 53 heavy (non-hydrogen) atoms.